The zero-order chi connectivity index (χ0) is 17.3. The molecule has 0 radical (unpaired) electrons. The van der Waals surface area contributed by atoms with Gasteiger partial charge < -0.3 is 14.2 Å². The maximum Gasteiger partial charge on any atom is 0.422 e. The van der Waals surface area contributed by atoms with Crippen molar-refractivity contribution in [3.8, 4) is 0 Å². The number of nitrogens with one attached hydrogen (secondary N) is 2. The van der Waals surface area contributed by atoms with Gasteiger partial charge in [-0.2, -0.15) is 0 Å². The summed E-state index contributed by atoms with van der Waals surface area (Å²) in [5.74, 6) is -0.476. The predicted molar refractivity (Wildman–Crippen MR) is 84.5 cm³/mol. The van der Waals surface area contributed by atoms with E-state index in [4.69, 9.17) is 14.2 Å². The van der Waals surface area contributed by atoms with E-state index < -0.39 is 23.8 Å². The van der Waals surface area contributed by atoms with Crippen molar-refractivity contribution in [1.82, 2.24) is 10.9 Å². The molecule has 1 aromatic rings. The van der Waals surface area contributed by atoms with Gasteiger partial charge in [0.1, 0.15) is 5.60 Å². The summed E-state index contributed by atoms with van der Waals surface area (Å²) in [6.07, 6.45) is -1.38. The summed E-state index contributed by atoms with van der Waals surface area (Å²) in [6.45, 7) is 5.83. The van der Waals surface area contributed by atoms with Gasteiger partial charge in [0, 0.05) is 6.54 Å². The highest BCUT2D eigenvalue weighted by atomic mass is 16.6. The molecule has 128 valence electrons. The van der Waals surface area contributed by atoms with Crippen molar-refractivity contribution in [2.75, 3.05) is 20.3 Å². The molecule has 0 spiro atoms. The second-order valence-corrected chi connectivity index (χ2v) is 5.74. The molecule has 7 heteroatoms. The molecule has 0 saturated heterocycles. The molecule has 1 unspecified atom stereocenters. The summed E-state index contributed by atoms with van der Waals surface area (Å²) in [4.78, 5) is 23.2. The molecule has 0 saturated carbocycles. The average Bonchev–Trinajstić information content (AvgIpc) is 2.49. The Bertz CT molecular complexity index is 499. The number of amides is 1. The van der Waals surface area contributed by atoms with E-state index in [1.807, 2.05) is 18.2 Å². The van der Waals surface area contributed by atoms with Crippen LogP contribution in [0, 0.1) is 0 Å². The fourth-order valence-electron chi connectivity index (χ4n) is 1.70. The Hall–Kier alpha value is -2.12. The summed E-state index contributed by atoms with van der Waals surface area (Å²) >= 11 is 0. The molecule has 1 aromatic carbocycles. The van der Waals surface area contributed by atoms with Crippen molar-refractivity contribution >= 4 is 12.1 Å². The van der Waals surface area contributed by atoms with Crippen molar-refractivity contribution in [1.29, 1.82) is 0 Å². The van der Waals surface area contributed by atoms with Crippen LogP contribution in [0.1, 0.15) is 32.4 Å². The summed E-state index contributed by atoms with van der Waals surface area (Å²) in [5, 5.41) is 0. The molecule has 1 amide bonds. The number of rotatable bonds is 7. The monoisotopic (exact) mass is 324 g/mol. The number of carbonyl (C=O) groups is 2. The third-order valence-corrected chi connectivity index (χ3v) is 2.62. The molecule has 0 bridgehead atoms. The lowest BCUT2D eigenvalue weighted by molar-refractivity contribution is -0.154. The lowest BCUT2D eigenvalue weighted by Gasteiger charge is -2.20. The molecule has 0 aliphatic carbocycles. The van der Waals surface area contributed by atoms with E-state index in [0.717, 1.165) is 0 Å². The molecular weight excluding hydrogens is 300 g/mol. The average molecular weight is 324 g/mol. The maximum atomic E-state index is 11.8. The van der Waals surface area contributed by atoms with Gasteiger partial charge in [0.05, 0.1) is 13.7 Å². The van der Waals surface area contributed by atoms with Gasteiger partial charge >= 0.3 is 12.1 Å². The van der Waals surface area contributed by atoms with Gasteiger partial charge in [-0.05, 0) is 26.3 Å². The summed E-state index contributed by atoms with van der Waals surface area (Å²) in [5.41, 5.74) is 5.20. The van der Waals surface area contributed by atoms with E-state index in [9.17, 15) is 9.59 Å². The van der Waals surface area contributed by atoms with E-state index >= 15 is 0 Å². The smallest absolute Gasteiger partial charge is 0.422 e. The number of methoxy groups -OCH3 is 1. The fraction of sp³-hybridized carbons (Fsp3) is 0.500. The number of hydrogen-bond acceptors (Lipinski definition) is 6. The molecule has 0 fully saturated rings. The first-order valence-corrected chi connectivity index (χ1v) is 7.29. The Kier molecular flexibility index (Phi) is 7.50. The van der Waals surface area contributed by atoms with Crippen LogP contribution in [0.15, 0.2) is 30.3 Å². The minimum absolute atomic E-state index is 0.199. The molecule has 1 rings (SSSR count). The van der Waals surface area contributed by atoms with E-state index in [-0.39, 0.29) is 6.61 Å². The van der Waals surface area contributed by atoms with Crippen molar-refractivity contribution < 1.29 is 23.8 Å². The predicted octanol–water partition coefficient (Wildman–Crippen LogP) is 1.95. The highest BCUT2D eigenvalue weighted by Crippen LogP contribution is 2.18. The second kappa shape index (κ2) is 9.12. The quantitative estimate of drug-likeness (QED) is 0.453. The Morgan fingerprint density at radius 2 is 1.83 bits per heavy atom. The standard InChI is InChI=1S/C16H24N2O5/c1-16(2,3)23-15(20)18-17-10-11-22-13(14(19)21-4)12-8-6-5-7-9-12/h5-9,13,17H,10-11H2,1-4H3,(H,18,20). The molecule has 1 atom stereocenters. The first-order valence-electron chi connectivity index (χ1n) is 7.29. The van der Waals surface area contributed by atoms with E-state index in [2.05, 4.69) is 10.9 Å². The Balaban J connectivity index is 2.37. The van der Waals surface area contributed by atoms with Gasteiger partial charge in [-0.1, -0.05) is 30.3 Å². The number of hydrogen-bond donors (Lipinski definition) is 2. The van der Waals surface area contributed by atoms with Crippen molar-refractivity contribution in [3.63, 3.8) is 0 Å². The van der Waals surface area contributed by atoms with Crippen LogP contribution in [-0.4, -0.2) is 37.9 Å². The van der Waals surface area contributed by atoms with Crippen LogP contribution in [-0.2, 0) is 19.0 Å². The molecule has 0 aliphatic heterocycles. The zero-order valence-corrected chi connectivity index (χ0v) is 13.9. The highest BCUT2D eigenvalue weighted by molar-refractivity contribution is 5.76. The van der Waals surface area contributed by atoms with Crippen LogP contribution >= 0.6 is 0 Å². The zero-order valence-electron chi connectivity index (χ0n) is 13.9. The Morgan fingerprint density at radius 1 is 1.17 bits per heavy atom. The van der Waals surface area contributed by atoms with Crippen LogP contribution in [0.25, 0.3) is 0 Å². The SMILES string of the molecule is COC(=O)C(OCCNNC(=O)OC(C)(C)C)c1ccccc1. The molecule has 23 heavy (non-hydrogen) atoms. The van der Waals surface area contributed by atoms with Crippen LogP contribution < -0.4 is 10.9 Å². The van der Waals surface area contributed by atoms with Gasteiger partial charge in [-0.15, -0.1) is 0 Å². The van der Waals surface area contributed by atoms with E-state index in [0.29, 0.717) is 12.1 Å². The van der Waals surface area contributed by atoms with Crippen LogP contribution in [0.4, 0.5) is 4.79 Å². The second-order valence-electron chi connectivity index (χ2n) is 5.74. The molecule has 0 aliphatic rings. The minimum atomic E-state index is -0.801. The molecule has 2 N–H and O–H groups in total. The third-order valence-electron chi connectivity index (χ3n) is 2.62. The first-order chi connectivity index (χ1) is 10.8. The molecule has 0 aromatic heterocycles. The van der Waals surface area contributed by atoms with E-state index in [1.165, 1.54) is 7.11 Å². The van der Waals surface area contributed by atoms with Gasteiger partial charge in [0.25, 0.3) is 0 Å². The number of ether oxygens (including phenoxy) is 3. The van der Waals surface area contributed by atoms with Crippen molar-refractivity contribution in [2.45, 2.75) is 32.5 Å². The number of esters is 1. The number of benzene rings is 1. The number of carbonyl (C=O) groups excluding carboxylic acids is 2. The van der Waals surface area contributed by atoms with Crippen molar-refractivity contribution in [3.05, 3.63) is 35.9 Å². The Labute approximate surface area is 136 Å². The van der Waals surface area contributed by atoms with E-state index in [1.54, 1.807) is 32.9 Å². The summed E-state index contributed by atoms with van der Waals surface area (Å²) in [7, 11) is 1.31. The van der Waals surface area contributed by atoms with Crippen LogP contribution in [0.3, 0.4) is 0 Å². The topological polar surface area (TPSA) is 85.9 Å². The van der Waals surface area contributed by atoms with Gasteiger partial charge in [-0.3, -0.25) is 5.43 Å². The van der Waals surface area contributed by atoms with Gasteiger partial charge in [0.2, 0.25) is 0 Å². The third kappa shape index (κ3) is 7.62. The maximum absolute atomic E-state index is 11.8. The molecular formula is C16H24N2O5. The summed E-state index contributed by atoms with van der Waals surface area (Å²) in [6, 6.07) is 9.06. The van der Waals surface area contributed by atoms with Gasteiger partial charge in [-0.25, -0.2) is 15.0 Å². The number of hydrazine groups is 1. The summed E-state index contributed by atoms with van der Waals surface area (Å²) < 4.78 is 15.3. The van der Waals surface area contributed by atoms with Crippen LogP contribution in [0.2, 0.25) is 0 Å². The normalized spacial score (nSPS) is 12.3. The van der Waals surface area contributed by atoms with Crippen molar-refractivity contribution in [2.24, 2.45) is 0 Å². The fourth-order valence-corrected chi connectivity index (χ4v) is 1.70. The minimum Gasteiger partial charge on any atom is -0.467 e. The first kappa shape index (κ1) is 18.9. The largest absolute Gasteiger partial charge is 0.467 e. The molecule has 7 nitrogen and oxygen atoms in total. The highest BCUT2D eigenvalue weighted by Gasteiger charge is 2.21. The lowest BCUT2D eigenvalue weighted by Crippen LogP contribution is -2.42. The molecule has 0 heterocycles. The Morgan fingerprint density at radius 3 is 2.39 bits per heavy atom. The van der Waals surface area contributed by atoms with Gasteiger partial charge in [0.15, 0.2) is 6.10 Å². The van der Waals surface area contributed by atoms with Crippen LogP contribution in [0.5, 0.6) is 0 Å². The lowest BCUT2D eigenvalue weighted by atomic mass is 10.1.